The van der Waals surface area contributed by atoms with Crippen molar-refractivity contribution in [3.05, 3.63) is 11.3 Å². The van der Waals surface area contributed by atoms with Gasteiger partial charge in [-0.1, -0.05) is 46.0 Å². The van der Waals surface area contributed by atoms with Gasteiger partial charge in [-0.15, -0.1) is 0 Å². The van der Waals surface area contributed by atoms with Crippen LogP contribution in [0, 0.1) is 0 Å². The molecule has 0 atom stereocenters. The summed E-state index contributed by atoms with van der Waals surface area (Å²) in [4.78, 5) is 4.41. The van der Waals surface area contributed by atoms with Gasteiger partial charge in [0.2, 0.25) is 5.96 Å². The van der Waals surface area contributed by atoms with Crippen molar-refractivity contribution < 1.29 is 0 Å². The molecule has 2 rings (SSSR count). The molecule has 0 bridgehead atoms. The van der Waals surface area contributed by atoms with Crippen molar-refractivity contribution >= 4 is 11.8 Å². The number of hydrogen-bond donors (Lipinski definition) is 2. The van der Waals surface area contributed by atoms with E-state index in [1.807, 2.05) is 0 Å². The molecule has 5 nitrogen and oxygen atoms in total. The van der Waals surface area contributed by atoms with Gasteiger partial charge in [-0.3, -0.25) is 0 Å². The first kappa shape index (κ1) is 15.9. The van der Waals surface area contributed by atoms with Crippen LogP contribution in [0.1, 0.15) is 63.6 Å². The second-order valence-corrected chi connectivity index (χ2v) is 5.73. The Balaban J connectivity index is 1.95. The van der Waals surface area contributed by atoms with Crippen LogP contribution < -0.4 is 11.1 Å². The summed E-state index contributed by atoms with van der Waals surface area (Å²) in [5.41, 5.74) is 8.65. The van der Waals surface area contributed by atoms with E-state index in [0.717, 1.165) is 43.4 Å². The quantitative estimate of drug-likeness (QED) is 0.724. The van der Waals surface area contributed by atoms with E-state index in [2.05, 4.69) is 29.3 Å². The summed E-state index contributed by atoms with van der Waals surface area (Å²) in [5.74, 6) is 1.57. The van der Waals surface area contributed by atoms with Crippen LogP contribution in [0.25, 0.3) is 0 Å². The summed E-state index contributed by atoms with van der Waals surface area (Å²) >= 11 is 0. The Morgan fingerprint density at radius 2 is 1.90 bits per heavy atom. The molecule has 1 aliphatic rings. The number of aliphatic imine (C=N–C) groups is 1. The second-order valence-electron chi connectivity index (χ2n) is 5.73. The Kier molecular flexibility index (Phi) is 6.08. The number of aromatic nitrogens is 2. The van der Waals surface area contributed by atoms with E-state index in [4.69, 9.17) is 5.73 Å². The monoisotopic (exact) mass is 291 g/mol. The molecule has 1 aliphatic heterocycles. The number of hydrogen-bond acceptors (Lipinski definition) is 4. The molecule has 0 amide bonds. The second kappa shape index (κ2) is 8.05. The largest absolute Gasteiger partial charge is 0.383 e. The molecule has 0 saturated carbocycles. The van der Waals surface area contributed by atoms with Crippen LogP contribution in [0.15, 0.2) is 4.99 Å². The third kappa shape index (κ3) is 3.99. The van der Waals surface area contributed by atoms with E-state index >= 15 is 0 Å². The highest BCUT2D eigenvalue weighted by molar-refractivity contribution is 5.86. The smallest absolute Gasteiger partial charge is 0.221 e. The van der Waals surface area contributed by atoms with Gasteiger partial charge in [-0.05, 0) is 19.3 Å². The molecule has 0 spiro atoms. The molecule has 0 aromatic carbocycles. The third-order valence-electron chi connectivity index (χ3n) is 4.08. The van der Waals surface area contributed by atoms with Crippen LogP contribution in [0.3, 0.4) is 0 Å². The standard InChI is InChI=1S/C16H29N5/c1-3-5-6-7-8-9-10-13-14(4-2)20-21(15(13)17)16-18-11-12-19-16/h3-12,17H2,1-2H3,(H,18,19). The number of aryl methyl sites for hydroxylation is 1. The Morgan fingerprint density at radius 1 is 1.14 bits per heavy atom. The topological polar surface area (TPSA) is 68.2 Å². The molecule has 1 aromatic rings. The third-order valence-corrected chi connectivity index (χ3v) is 4.08. The fourth-order valence-corrected chi connectivity index (χ4v) is 2.84. The van der Waals surface area contributed by atoms with E-state index in [1.54, 1.807) is 4.68 Å². The van der Waals surface area contributed by atoms with Gasteiger partial charge in [0.25, 0.3) is 0 Å². The van der Waals surface area contributed by atoms with Crippen LogP contribution >= 0.6 is 0 Å². The first-order valence-corrected chi connectivity index (χ1v) is 8.42. The Hall–Kier alpha value is -1.52. The summed E-state index contributed by atoms with van der Waals surface area (Å²) < 4.78 is 1.79. The van der Waals surface area contributed by atoms with Gasteiger partial charge in [0.15, 0.2) is 0 Å². The molecule has 0 fully saturated rings. The van der Waals surface area contributed by atoms with Crippen LogP contribution in [0.2, 0.25) is 0 Å². The minimum Gasteiger partial charge on any atom is -0.383 e. The van der Waals surface area contributed by atoms with Crippen LogP contribution in [-0.4, -0.2) is 28.8 Å². The van der Waals surface area contributed by atoms with Crippen molar-refractivity contribution in [2.75, 3.05) is 18.8 Å². The first-order chi connectivity index (χ1) is 10.3. The lowest BCUT2D eigenvalue weighted by Gasteiger charge is -2.05. The first-order valence-electron chi connectivity index (χ1n) is 8.42. The minimum absolute atomic E-state index is 0.772. The zero-order valence-corrected chi connectivity index (χ0v) is 13.5. The fourth-order valence-electron chi connectivity index (χ4n) is 2.84. The number of rotatable bonds is 8. The maximum Gasteiger partial charge on any atom is 0.221 e. The Labute approximate surface area is 128 Å². The van der Waals surface area contributed by atoms with Crippen molar-refractivity contribution in [1.82, 2.24) is 15.1 Å². The van der Waals surface area contributed by atoms with Crippen molar-refractivity contribution in [2.24, 2.45) is 4.99 Å². The number of anilines is 1. The van der Waals surface area contributed by atoms with Crippen LogP contribution in [0.5, 0.6) is 0 Å². The maximum absolute atomic E-state index is 6.30. The number of nitrogens with two attached hydrogens (primary N) is 1. The lowest BCUT2D eigenvalue weighted by atomic mass is 10.0. The predicted octanol–water partition coefficient (Wildman–Crippen LogP) is 2.74. The molecule has 1 aromatic heterocycles. The molecule has 0 radical (unpaired) electrons. The van der Waals surface area contributed by atoms with Crippen molar-refractivity contribution in [2.45, 2.75) is 65.2 Å². The van der Waals surface area contributed by atoms with Crippen molar-refractivity contribution in [3.63, 3.8) is 0 Å². The molecule has 21 heavy (non-hydrogen) atoms. The summed E-state index contributed by atoms with van der Waals surface area (Å²) in [6, 6.07) is 0. The molecule has 118 valence electrons. The maximum atomic E-state index is 6.30. The molecule has 2 heterocycles. The molecule has 0 aliphatic carbocycles. The molecule has 3 N–H and O–H groups in total. The lowest BCUT2D eigenvalue weighted by Crippen LogP contribution is -2.28. The van der Waals surface area contributed by atoms with E-state index < -0.39 is 0 Å². The number of nitrogens with zero attached hydrogens (tertiary/aromatic N) is 3. The van der Waals surface area contributed by atoms with E-state index in [-0.39, 0.29) is 0 Å². The van der Waals surface area contributed by atoms with Crippen LogP contribution in [0.4, 0.5) is 5.82 Å². The predicted molar refractivity (Wildman–Crippen MR) is 88.8 cm³/mol. The molecular weight excluding hydrogens is 262 g/mol. The minimum atomic E-state index is 0.772. The Morgan fingerprint density at radius 3 is 2.57 bits per heavy atom. The number of nitrogen functional groups attached to an aromatic ring is 1. The zero-order chi connectivity index (χ0) is 15.1. The van der Waals surface area contributed by atoms with E-state index in [1.165, 1.54) is 44.1 Å². The average Bonchev–Trinajstić information content (AvgIpc) is 3.11. The van der Waals surface area contributed by atoms with Gasteiger partial charge < -0.3 is 11.1 Å². The summed E-state index contributed by atoms with van der Waals surface area (Å²) in [7, 11) is 0. The molecular formula is C16H29N5. The van der Waals surface area contributed by atoms with Gasteiger partial charge >= 0.3 is 0 Å². The lowest BCUT2D eigenvalue weighted by molar-refractivity contribution is 0.607. The normalized spacial score (nSPS) is 14.3. The average molecular weight is 291 g/mol. The zero-order valence-electron chi connectivity index (χ0n) is 13.5. The van der Waals surface area contributed by atoms with E-state index in [9.17, 15) is 0 Å². The van der Waals surface area contributed by atoms with Gasteiger partial charge in [-0.25, -0.2) is 4.99 Å². The summed E-state index contributed by atoms with van der Waals surface area (Å²) in [6.45, 7) is 6.08. The van der Waals surface area contributed by atoms with Gasteiger partial charge in [0.05, 0.1) is 12.2 Å². The summed E-state index contributed by atoms with van der Waals surface area (Å²) in [6.07, 6.45) is 9.79. The van der Waals surface area contributed by atoms with E-state index in [0.29, 0.717) is 0 Å². The number of unbranched alkanes of at least 4 members (excludes halogenated alkanes) is 5. The Bertz CT molecular complexity index is 475. The fraction of sp³-hybridized carbons (Fsp3) is 0.750. The number of nitrogens with one attached hydrogen (secondary N) is 1. The highest BCUT2D eigenvalue weighted by atomic mass is 15.4. The highest BCUT2D eigenvalue weighted by Crippen LogP contribution is 2.21. The molecule has 5 heteroatoms. The highest BCUT2D eigenvalue weighted by Gasteiger charge is 2.18. The van der Waals surface area contributed by atoms with Gasteiger partial charge in [0, 0.05) is 12.1 Å². The van der Waals surface area contributed by atoms with Crippen LogP contribution in [-0.2, 0) is 12.8 Å². The molecule has 0 unspecified atom stereocenters. The van der Waals surface area contributed by atoms with Crippen molar-refractivity contribution in [3.8, 4) is 0 Å². The van der Waals surface area contributed by atoms with Gasteiger partial charge in [0.1, 0.15) is 5.82 Å². The van der Waals surface area contributed by atoms with Gasteiger partial charge in [-0.2, -0.15) is 9.78 Å². The summed E-state index contributed by atoms with van der Waals surface area (Å²) in [5, 5.41) is 7.88. The van der Waals surface area contributed by atoms with Crippen molar-refractivity contribution in [1.29, 1.82) is 0 Å². The molecule has 0 saturated heterocycles. The SMILES string of the molecule is CCCCCCCCc1c(CC)nn(C2=NCCN2)c1N.